The van der Waals surface area contributed by atoms with Gasteiger partial charge in [0.2, 0.25) is 5.91 Å². The Hall–Kier alpha value is -2.77. The van der Waals surface area contributed by atoms with Crippen molar-refractivity contribution in [3.05, 3.63) is 82.9 Å². The Bertz CT molecular complexity index is 1160. The summed E-state index contributed by atoms with van der Waals surface area (Å²) in [5.74, 6) is -1.21. The number of halogens is 2. The minimum Gasteiger partial charge on any atom is -0.274 e. The Morgan fingerprint density at radius 3 is 2.33 bits per heavy atom. The Morgan fingerprint density at radius 2 is 1.73 bits per heavy atom. The molecule has 1 heterocycles. The van der Waals surface area contributed by atoms with E-state index >= 15 is 0 Å². The zero-order valence-electron chi connectivity index (χ0n) is 16.4. The number of carbonyl (C=O) groups is 1. The van der Waals surface area contributed by atoms with Crippen molar-refractivity contribution in [1.82, 2.24) is 9.71 Å². The van der Waals surface area contributed by atoms with Crippen LogP contribution < -0.4 is 4.72 Å². The highest BCUT2D eigenvalue weighted by molar-refractivity contribution is 7.90. The predicted octanol–water partition coefficient (Wildman–Crippen LogP) is 4.71. The van der Waals surface area contributed by atoms with Crippen LogP contribution in [0.4, 0.5) is 4.39 Å². The van der Waals surface area contributed by atoms with E-state index in [0.717, 1.165) is 0 Å². The Kier molecular flexibility index (Phi) is 6.53. The summed E-state index contributed by atoms with van der Waals surface area (Å²) < 4.78 is 41.4. The molecule has 0 saturated heterocycles. The number of sulfonamides is 1. The van der Waals surface area contributed by atoms with Crippen LogP contribution in [-0.2, 0) is 21.2 Å². The molecule has 0 aliphatic carbocycles. The van der Waals surface area contributed by atoms with Crippen LogP contribution in [0.15, 0.2) is 65.8 Å². The van der Waals surface area contributed by atoms with Crippen molar-refractivity contribution < 1.29 is 17.6 Å². The second-order valence-corrected chi connectivity index (χ2v) is 9.19. The summed E-state index contributed by atoms with van der Waals surface area (Å²) in [6, 6.07) is 11.6. The second-order valence-electron chi connectivity index (χ2n) is 7.07. The van der Waals surface area contributed by atoms with Crippen LogP contribution in [-0.4, -0.2) is 19.3 Å². The maximum Gasteiger partial charge on any atom is 0.264 e. The summed E-state index contributed by atoms with van der Waals surface area (Å²) >= 11 is 5.79. The van der Waals surface area contributed by atoms with Gasteiger partial charge in [-0.05, 0) is 76.7 Å². The van der Waals surface area contributed by atoms with E-state index in [9.17, 15) is 17.6 Å². The summed E-state index contributed by atoms with van der Waals surface area (Å²) in [5.41, 5.74) is 2.43. The fourth-order valence-electron chi connectivity index (χ4n) is 3.18. The minimum absolute atomic E-state index is 0.0715. The number of rotatable bonds is 6. The molecule has 0 spiro atoms. The van der Waals surface area contributed by atoms with Gasteiger partial charge in [-0.25, -0.2) is 17.5 Å². The van der Waals surface area contributed by atoms with Gasteiger partial charge < -0.3 is 0 Å². The van der Waals surface area contributed by atoms with Crippen LogP contribution in [0.25, 0.3) is 11.1 Å². The van der Waals surface area contributed by atoms with Crippen LogP contribution in [0.5, 0.6) is 0 Å². The molecule has 0 radical (unpaired) electrons. The quantitative estimate of drug-likeness (QED) is 0.594. The van der Waals surface area contributed by atoms with Gasteiger partial charge in [-0.2, -0.15) is 0 Å². The fraction of sp³-hybridized carbons (Fsp3) is 0.182. The lowest BCUT2D eigenvalue weighted by atomic mass is 9.88. The van der Waals surface area contributed by atoms with E-state index in [1.165, 1.54) is 36.4 Å². The van der Waals surface area contributed by atoms with Gasteiger partial charge in [0.05, 0.1) is 11.3 Å². The summed E-state index contributed by atoms with van der Waals surface area (Å²) in [6.07, 6.45) is 2.92. The first-order valence-electron chi connectivity index (χ1n) is 9.21. The second kappa shape index (κ2) is 8.93. The van der Waals surface area contributed by atoms with Gasteiger partial charge in [-0.15, -0.1) is 0 Å². The van der Waals surface area contributed by atoms with Crippen LogP contribution in [0.3, 0.4) is 0 Å². The molecule has 0 atom stereocenters. The van der Waals surface area contributed by atoms with E-state index in [1.54, 1.807) is 24.5 Å². The largest absolute Gasteiger partial charge is 0.274 e. The normalized spacial score (nSPS) is 11.5. The van der Waals surface area contributed by atoms with Gasteiger partial charge >= 0.3 is 0 Å². The van der Waals surface area contributed by atoms with E-state index in [-0.39, 0.29) is 17.2 Å². The lowest BCUT2D eigenvalue weighted by Gasteiger charge is -2.18. The Morgan fingerprint density at radius 1 is 1.10 bits per heavy atom. The monoisotopic (exact) mass is 446 g/mol. The first-order valence-corrected chi connectivity index (χ1v) is 11.1. The maximum absolute atomic E-state index is 14.3. The third-order valence-corrected chi connectivity index (χ3v) is 6.21. The first kappa shape index (κ1) is 21.9. The SMILES string of the molecule is CC(C)c1cc(F)cc(-c2ccncc2)c1CC(=O)NS(=O)(=O)c1ccc(Cl)cc1. The lowest BCUT2D eigenvalue weighted by Crippen LogP contribution is -2.32. The number of benzene rings is 2. The van der Waals surface area contributed by atoms with Crippen molar-refractivity contribution in [3.8, 4) is 11.1 Å². The third kappa shape index (κ3) is 5.04. The number of pyridine rings is 1. The van der Waals surface area contributed by atoms with Gasteiger partial charge in [0.25, 0.3) is 10.0 Å². The number of hydrogen-bond acceptors (Lipinski definition) is 4. The number of hydrogen-bond donors (Lipinski definition) is 1. The summed E-state index contributed by atoms with van der Waals surface area (Å²) in [6.45, 7) is 3.77. The van der Waals surface area contributed by atoms with Gasteiger partial charge in [-0.1, -0.05) is 25.4 Å². The molecule has 5 nitrogen and oxygen atoms in total. The fourth-order valence-corrected chi connectivity index (χ4v) is 4.29. The maximum atomic E-state index is 14.3. The highest BCUT2D eigenvalue weighted by atomic mass is 35.5. The highest BCUT2D eigenvalue weighted by Crippen LogP contribution is 2.32. The predicted molar refractivity (Wildman–Crippen MR) is 114 cm³/mol. The number of nitrogens with one attached hydrogen (secondary N) is 1. The number of aromatic nitrogens is 1. The van der Waals surface area contributed by atoms with Crippen LogP contribution in [0.1, 0.15) is 30.9 Å². The van der Waals surface area contributed by atoms with E-state index in [2.05, 4.69) is 9.71 Å². The van der Waals surface area contributed by atoms with Crippen LogP contribution >= 0.6 is 11.6 Å². The van der Waals surface area contributed by atoms with E-state index in [4.69, 9.17) is 11.6 Å². The highest BCUT2D eigenvalue weighted by Gasteiger charge is 2.22. The van der Waals surface area contributed by atoms with Gasteiger partial charge in [0, 0.05) is 17.4 Å². The standard InChI is InChI=1S/C22H20ClFN2O3S/c1-14(2)19-11-17(24)12-20(15-7-9-25-10-8-15)21(19)13-22(27)26-30(28,29)18-5-3-16(23)4-6-18/h3-12,14H,13H2,1-2H3,(H,26,27). The molecule has 30 heavy (non-hydrogen) atoms. The van der Waals surface area contributed by atoms with Crippen molar-refractivity contribution in [3.63, 3.8) is 0 Å². The molecule has 1 aromatic heterocycles. The van der Waals surface area contributed by atoms with Crippen molar-refractivity contribution in [2.75, 3.05) is 0 Å². The number of amides is 1. The smallest absolute Gasteiger partial charge is 0.264 e. The average Bonchev–Trinajstić information content (AvgIpc) is 2.69. The van der Waals surface area contributed by atoms with Gasteiger partial charge in [-0.3, -0.25) is 9.78 Å². The van der Waals surface area contributed by atoms with E-state index < -0.39 is 21.7 Å². The molecular formula is C22H20ClFN2O3S. The van der Waals surface area contributed by atoms with Gasteiger partial charge in [0.1, 0.15) is 5.82 Å². The van der Waals surface area contributed by atoms with Crippen molar-refractivity contribution >= 4 is 27.5 Å². The van der Waals surface area contributed by atoms with Crippen molar-refractivity contribution in [2.45, 2.75) is 31.1 Å². The topological polar surface area (TPSA) is 76.1 Å². The first-order chi connectivity index (χ1) is 14.2. The molecule has 156 valence electrons. The molecule has 0 aliphatic rings. The number of nitrogens with zero attached hydrogens (tertiary/aromatic N) is 1. The summed E-state index contributed by atoms with van der Waals surface area (Å²) in [5, 5.41) is 0.384. The Labute approximate surface area is 180 Å². The summed E-state index contributed by atoms with van der Waals surface area (Å²) in [4.78, 5) is 16.6. The zero-order chi connectivity index (χ0) is 21.9. The van der Waals surface area contributed by atoms with E-state index in [1.807, 2.05) is 13.8 Å². The molecule has 0 aliphatic heterocycles. The molecule has 0 bridgehead atoms. The molecular weight excluding hydrogens is 427 g/mol. The minimum atomic E-state index is -4.06. The van der Waals surface area contributed by atoms with Crippen molar-refractivity contribution in [2.24, 2.45) is 0 Å². The molecule has 0 fully saturated rings. The Balaban J connectivity index is 1.97. The molecule has 3 aromatic rings. The summed E-state index contributed by atoms with van der Waals surface area (Å²) in [7, 11) is -4.06. The van der Waals surface area contributed by atoms with Crippen LogP contribution in [0.2, 0.25) is 5.02 Å². The van der Waals surface area contributed by atoms with Crippen LogP contribution in [0, 0.1) is 5.82 Å². The molecule has 1 amide bonds. The molecule has 8 heteroatoms. The average molecular weight is 447 g/mol. The van der Waals surface area contributed by atoms with Gasteiger partial charge in [0.15, 0.2) is 0 Å². The third-order valence-electron chi connectivity index (χ3n) is 4.57. The number of carbonyl (C=O) groups excluding carboxylic acids is 1. The van der Waals surface area contributed by atoms with E-state index in [0.29, 0.717) is 27.3 Å². The van der Waals surface area contributed by atoms with Crippen molar-refractivity contribution in [1.29, 1.82) is 0 Å². The molecule has 2 aromatic carbocycles. The lowest BCUT2D eigenvalue weighted by molar-refractivity contribution is -0.118. The molecule has 1 N–H and O–H groups in total. The molecule has 0 saturated carbocycles. The molecule has 3 rings (SSSR count). The molecule has 0 unspecified atom stereocenters. The zero-order valence-corrected chi connectivity index (χ0v) is 18.0.